The molecule has 0 aromatic heterocycles. The fourth-order valence-electron chi connectivity index (χ4n) is 2.67. The van der Waals surface area contributed by atoms with E-state index in [1.807, 2.05) is 62.4 Å². The lowest BCUT2D eigenvalue weighted by atomic mass is 10.1. The van der Waals surface area contributed by atoms with Crippen LogP contribution in [0.2, 0.25) is 5.02 Å². The SMILES string of the molecule is Cc1ccc(NC(=O)CSc2cccc3cccc(Cl)c23)c(C)c1. The molecule has 0 aliphatic carbocycles. The number of fused-ring (bicyclic) bond motifs is 1. The Labute approximate surface area is 151 Å². The molecular formula is C20H18ClNOS. The van der Waals surface area contributed by atoms with E-state index in [1.54, 1.807) is 0 Å². The summed E-state index contributed by atoms with van der Waals surface area (Å²) in [6, 6.07) is 17.9. The van der Waals surface area contributed by atoms with Gasteiger partial charge in [-0.1, -0.05) is 53.6 Å². The van der Waals surface area contributed by atoms with Crippen molar-refractivity contribution in [2.45, 2.75) is 18.7 Å². The Morgan fingerprint density at radius 2 is 1.83 bits per heavy atom. The van der Waals surface area contributed by atoms with Crippen molar-refractivity contribution in [3.63, 3.8) is 0 Å². The van der Waals surface area contributed by atoms with E-state index in [9.17, 15) is 4.79 Å². The summed E-state index contributed by atoms with van der Waals surface area (Å²) in [4.78, 5) is 13.3. The molecule has 1 N–H and O–H groups in total. The van der Waals surface area contributed by atoms with E-state index < -0.39 is 0 Å². The van der Waals surface area contributed by atoms with Crippen molar-refractivity contribution in [1.82, 2.24) is 0 Å². The molecule has 0 atom stereocenters. The third-order valence-corrected chi connectivity index (χ3v) is 5.20. The van der Waals surface area contributed by atoms with Gasteiger partial charge in [-0.05, 0) is 43.0 Å². The van der Waals surface area contributed by atoms with Crippen molar-refractivity contribution in [2.75, 3.05) is 11.1 Å². The molecule has 0 saturated carbocycles. The van der Waals surface area contributed by atoms with E-state index in [0.29, 0.717) is 10.8 Å². The molecule has 2 nitrogen and oxygen atoms in total. The van der Waals surface area contributed by atoms with Crippen LogP contribution in [-0.2, 0) is 4.79 Å². The Kier molecular flexibility index (Phi) is 5.12. The lowest BCUT2D eigenvalue weighted by Gasteiger charge is -2.10. The quantitative estimate of drug-likeness (QED) is 0.595. The first-order valence-electron chi connectivity index (χ1n) is 7.72. The van der Waals surface area contributed by atoms with Crippen LogP contribution in [0.3, 0.4) is 0 Å². The van der Waals surface area contributed by atoms with Gasteiger partial charge in [0.1, 0.15) is 0 Å². The molecule has 122 valence electrons. The van der Waals surface area contributed by atoms with Crippen molar-refractivity contribution >= 4 is 45.7 Å². The zero-order chi connectivity index (χ0) is 17.1. The largest absolute Gasteiger partial charge is 0.325 e. The molecule has 0 bridgehead atoms. The smallest absolute Gasteiger partial charge is 0.234 e. The molecule has 0 saturated heterocycles. The maximum absolute atomic E-state index is 12.3. The van der Waals surface area contributed by atoms with Crippen molar-refractivity contribution < 1.29 is 4.79 Å². The minimum atomic E-state index is -0.0176. The molecule has 3 aromatic carbocycles. The van der Waals surface area contributed by atoms with E-state index in [0.717, 1.165) is 26.9 Å². The number of hydrogen-bond donors (Lipinski definition) is 1. The topological polar surface area (TPSA) is 29.1 Å². The lowest BCUT2D eigenvalue weighted by Crippen LogP contribution is -2.14. The van der Waals surface area contributed by atoms with Crippen LogP contribution < -0.4 is 5.32 Å². The van der Waals surface area contributed by atoms with Crippen LogP contribution in [0.15, 0.2) is 59.5 Å². The van der Waals surface area contributed by atoms with E-state index in [2.05, 4.69) is 11.4 Å². The molecule has 1 amide bonds. The molecule has 0 aliphatic rings. The van der Waals surface area contributed by atoms with Crippen LogP contribution in [0, 0.1) is 13.8 Å². The zero-order valence-corrected chi connectivity index (χ0v) is 15.2. The van der Waals surface area contributed by atoms with Gasteiger partial charge in [0.2, 0.25) is 5.91 Å². The highest BCUT2D eigenvalue weighted by molar-refractivity contribution is 8.00. The summed E-state index contributed by atoms with van der Waals surface area (Å²) in [5.41, 5.74) is 3.12. The van der Waals surface area contributed by atoms with Gasteiger partial charge >= 0.3 is 0 Å². The van der Waals surface area contributed by atoms with Crippen molar-refractivity contribution in [2.24, 2.45) is 0 Å². The normalized spacial score (nSPS) is 10.8. The Morgan fingerprint density at radius 3 is 2.58 bits per heavy atom. The Bertz CT molecular complexity index is 902. The number of amides is 1. The van der Waals surface area contributed by atoms with Crippen molar-refractivity contribution in [3.05, 3.63) is 70.7 Å². The molecular weight excluding hydrogens is 338 g/mol. The molecule has 0 fully saturated rings. The Hall–Kier alpha value is -1.97. The second-order valence-electron chi connectivity index (χ2n) is 5.75. The highest BCUT2D eigenvalue weighted by Gasteiger charge is 2.09. The van der Waals surface area contributed by atoms with Gasteiger partial charge in [-0.3, -0.25) is 4.79 Å². The predicted molar refractivity (Wildman–Crippen MR) is 104 cm³/mol. The lowest BCUT2D eigenvalue weighted by molar-refractivity contribution is -0.113. The molecule has 3 rings (SSSR count). The summed E-state index contributed by atoms with van der Waals surface area (Å²) in [6.45, 7) is 4.04. The second kappa shape index (κ2) is 7.29. The number of carbonyl (C=O) groups is 1. The van der Waals surface area contributed by atoms with Gasteiger partial charge < -0.3 is 5.32 Å². The number of nitrogens with one attached hydrogen (secondary N) is 1. The fraction of sp³-hybridized carbons (Fsp3) is 0.150. The zero-order valence-electron chi connectivity index (χ0n) is 13.6. The van der Waals surface area contributed by atoms with Gasteiger partial charge in [0.15, 0.2) is 0 Å². The van der Waals surface area contributed by atoms with Gasteiger partial charge in [-0.25, -0.2) is 0 Å². The minimum absolute atomic E-state index is 0.0176. The molecule has 0 aliphatic heterocycles. The molecule has 0 unspecified atom stereocenters. The third-order valence-electron chi connectivity index (χ3n) is 3.83. The van der Waals surface area contributed by atoms with Crippen LogP contribution in [0.5, 0.6) is 0 Å². The third kappa shape index (κ3) is 3.74. The first-order valence-corrected chi connectivity index (χ1v) is 9.08. The second-order valence-corrected chi connectivity index (χ2v) is 7.17. The highest BCUT2D eigenvalue weighted by atomic mass is 35.5. The summed E-state index contributed by atoms with van der Waals surface area (Å²) >= 11 is 7.83. The predicted octanol–water partition coefficient (Wildman–Crippen LogP) is 5.84. The maximum atomic E-state index is 12.3. The Balaban J connectivity index is 1.73. The number of aryl methyl sites for hydroxylation is 2. The molecule has 0 radical (unpaired) electrons. The molecule has 0 heterocycles. The number of carbonyl (C=O) groups excluding carboxylic acids is 1. The Morgan fingerprint density at radius 1 is 1.08 bits per heavy atom. The monoisotopic (exact) mass is 355 g/mol. The number of anilines is 1. The standard InChI is InChI=1S/C20H18ClNOS/c1-13-9-10-17(14(2)11-13)22-19(23)12-24-18-8-4-6-15-5-3-7-16(21)20(15)18/h3-11H,12H2,1-2H3,(H,22,23). The van der Waals surface area contributed by atoms with Gasteiger partial charge in [0, 0.05) is 21.0 Å². The maximum Gasteiger partial charge on any atom is 0.234 e. The summed E-state index contributed by atoms with van der Waals surface area (Å²) in [5.74, 6) is 0.327. The van der Waals surface area contributed by atoms with Crippen LogP contribution in [0.1, 0.15) is 11.1 Å². The van der Waals surface area contributed by atoms with E-state index in [-0.39, 0.29) is 5.91 Å². The van der Waals surface area contributed by atoms with Crippen LogP contribution >= 0.6 is 23.4 Å². The summed E-state index contributed by atoms with van der Waals surface area (Å²) in [6.07, 6.45) is 0. The average molecular weight is 356 g/mol. The molecule has 24 heavy (non-hydrogen) atoms. The fourth-order valence-corrected chi connectivity index (χ4v) is 3.91. The molecule has 0 spiro atoms. The van der Waals surface area contributed by atoms with E-state index in [4.69, 9.17) is 11.6 Å². The van der Waals surface area contributed by atoms with Gasteiger partial charge in [-0.15, -0.1) is 11.8 Å². The van der Waals surface area contributed by atoms with Gasteiger partial charge in [0.25, 0.3) is 0 Å². The first-order chi connectivity index (χ1) is 11.5. The van der Waals surface area contributed by atoms with Crippen molar-refractivity contribution in [3.8, 4) is 0 Å². The summed E-state index contributed by atoms with van der Waals surface area (Å²) < 4.78 is 0. The summed E-state index contributed by atoms with van der Waals surface area (Å²) in [7, 11) is 0. The number of thioether (sulfide) groups is 1. The van der Waals surface area contributed by atoms with Gasteiger partial charge in [-0.2, -0.15) is 0 Å². The van der Waals surface area contributed by atoms with Crippen LogP contribution in [-0.4, -0.2) is 11.7 Å². The number of benzene rings is 3. The highest BCUT2D eigenvalue weighted by Crippen LogP contribution is 2.33. The summed E-state index contributed by atoms with van der Waals surface area (Å²) in [5, 5.41) is 5.78. The number of hydrogen-bond acceptors (Lipinski definition) is 2. The van der Waals surface area contributed by atoms with E-state index in [1.165, 1.54) is 17.3 Å². The van der Waals surface area contributed by atoms with E-state index >= 15 is 0 Å². The average Bonchev–Trinajstić information content (AvgIpc) is 2.56. The van der Waals surface area contributed by atoms with Gasteiger partial charge in [0.05, 0.1) is 5.75 Å². The van der Waals surface area contributed by atoms with Crippen LogP contribution in [0.25, 0.3) is 10.8 Å². The van der Waals surface area contributed by atoms with Crippen LogP contribution in [0.4, 0.5) is 5.69 Å². The number of halogens is 1. The molecule has 3 aromatic rings. The molecule has 4 heteroatoms. The number of rotatable bonds is 4. The van der Waals surface area contributed by atoms with Crippen molar-refractivity contribution in [1.29, 1.82) is 0 Å². The minimum Gasteiger partial charge on any atom is -0.325 e. The first kappa shape index (κ1) is 16.9.